The summed E-state index contributed by atoms with van der Waals surface area (Å²) in [5, 5.41) is 9.05. The van der Waals surface area contributed by atoms with Crippen molar-refractivity contribution >= 4 is 15.9 Å². The number of benzene rings is 1. The van der Waals surface area contributed by atoms with E-state index in [-0.39, 0.29) is 12.0 Å². The first kappa shape index (κ1) is 13.5. The number of aliphatic hydroxyl groups excluding tert-OH is 1. The highest BCUT2D eigenvalue weighted by Gasteiger charge is 2.21. The lowest BCUT2D eigenvalue weighted by Crippen LogP contribution is -2.14. The molecular formula is C13H19BrO2. The standard InChI is InChI=1S/C13H19BrO2/c1-13(2,3)11-8-10(14)7-9(5-6-15)12(11)16-4/h7-8,15H,5-6H2,1-4H3. The van der Waals surface area contributed by atoms with E-state index in [0.717, 1.165) is 21.3 Å². The van der Waals surface area contributed by atoms with Crippen LogP contribution in [0.2, 0.25) is 0 Å². The van der Waals surface area contributed by atoms with Gasteiger partial charge in [0, 0.05) is 16.6 Å². The van der Waals surface area contributed by atoms with E-state index in [0.29, 0.717) is 6.42 Å². The molecule has 1 rings (SSSR count). The van der Waals surface area contributed by atoms with Gasteiger partial charge in [-0.3, -0.25) is 0 Å². The average Bonchev–Trinajstić information content (AvgIpc) is 2.16. The lowest BCUT2D eigenvalue weighted by Gasteiger charge is -2.24. The van der Waals surface area contributed by atoms with Crippen LogP contribution in [0, 0.1) is 0 Å². The number of aliphatic hydroxyl groups is 1. The summed E-state index contributed by atoms with van der Waals surface area (Å²) < 4.78 is 6.51. The zero-order valence-electron chi connectivity index (χ0n) is 10.3. The normalized spacial score (nSPS) is 11.6. The molecule has 0 atom stereocenters. The maximum Gasteiger partial charge on any atom is 0.125 e. The number of halogens is 1. The fourth-order valence-corrected chi connectivity index (χ4v) is 2.26. The van der Waals surface area contributed by atoms with Gasteiger partial charge in [0.05, 0.1) is 7.11 Å². The van der Waals surface area contributed by atoms with E-state index >= 15 is 0 Å². The largest absolute Gasteiger partial charge is 0.496 e. The van der Waals surface area contributed by atoms with Crippen molar-refractivity contribution in [3.05, 3.63) is 27.7 Å². The lowest BCUT2D eigenvalue weighted by molar-refractivity contribution is 0.296. The van der Waals surface area contributed by atoms with Gasteiger partial charge in [-0.2, -0.15) is 0 Å². The predicted molar refractivity (Wildman–Crippen MR) is 70.2 cm³/mol. The van der Waals surface area contributed by atoms with Crippen LogP contribution in [0.3, 0.4) is 0 Å². The molecule has 0 aliphatic rings. The fraction of sp³-hybridized carbons (Fsp3) is 0.538. The Kier molecular flexibility index (Phi) is 4.39. The Bertz CT molecular complexity index is 367. The Morgan fingerprint density at radius 2 is 1.94 bits per heavy atom. The van der Waals surface area contributed by atoms with Crippen molar-refractivity contribution in [2.24, 2.45) is 0 Å². The molecule has 1 aromatic rings. The molecule has 0 bridgehead atoms. The fourth-order valence-electron chi connectivity index (χ4n) is 1.75. The summed E-state index contributed by atoms with van der Waals surface area (Å²) in [7, 11) is 1.68. The summed E-state index contributed by atoms with van der Waals surface area (Å²) in [6.07, 6.45) is 0.617. The van der Waals surface area contributed by atoms with Crippen molar-refractivity contribution in [3.8, 4) is 5.75 Å². The Hall–Kier alpha value is -0.540. The van der Waals surface area contributed by atoms with Gasteiger partial charge in [-0.15, -0.1) is 0 Å². The van der Waals surface area contributed by atoms with E-state index in [1.165, 1.54) is 0 Å². The van der Waals surface area contributed by atoms with Gasteiger partial charge >= 0.3 is 0 Å². The van der Waals surface area contributed by atoms with Gasteiger partial charge < -0.3 is 9.84 Å². The van der Waals surface area contributed by atoms with Gasteiger partial charge in [0.1, 0.15) is 5.75 Å². The van der Waals surface area contributed by atoms with Crippen LogP contribution in [0.4, 0.5) is 0 Å². The zero-order chi connectivity index (χ0) is 12.3. The zero-order valence-corrected chi connectivity index (χ0v) is 11.9. The summed E-state index contributed by atoms with van der Waals surface area (Å²) in [5.41, 5.74) is 2.23. The lowest BCUT2D eigenvalue weighted by atomic mass is 9.85. The second-order valence-electron chi connectivity index (χ2n) is 4.87. The molecule has 1 N–H and O–H groups in total. The minimum atomic E-state index is 0.0271. The minimum Gasteiger partial charge on any atom is -0.496 e. The van der Waals surface area contributed by atoms with Gasteiger partial charge in [-0.25, -0.2) is 0 Å². The van der Waals surface area contributed by atoms with Gasteiger partial charge in [-0.05, 0) is 29.5 Å². The van der Waals surface area contributed by atoms with Gasteiger partial charge in [0.2, 0.25) is 0 Å². The first-order valence-electron chi connectivity index (χ1n) is 5.38. The van der Waals surface area contributed by atoms with Crippen LogP contribution in [-0.4, -0.2) is 18.8 Å². The molecule has 0 saturated heterocycles. The molecule has 0 amide bonds. The summed E-state index contributed by atoms with van der Waals surface area (Å²) >= 11 is 3.50. The van der Waals surface area contributed by atoms with Crippen LogP contribution in [0.15, 0.2) is 16.6 Å². The Morgan fingerprint density at radius 3 is 2.38 bits per heavy atom. The van der Waals surface area contributed by atoms with Crippen LogP contribution < -0.4 is 4.74 Å². The quantitative estimate of drug-likeness (QED) is 0.924. The maximum atomic E-state index is 9.05. The third-order valence-electron chi connectivity index (χ3n) is 2.52. The second kappa shape index (κ2) is 5.19. The molecule has 0 heterocycles. The molecule has 16 heavy (non-hydrogen) atoms. The third kappa shape index (κ3) is 2.98. The van der Waals surface area contributed by atoms with Gasteiger partial charge in [0.25, 0.3) is 0 Å². The SMILES string of the molecule is COc1c(CCO)cc(Br)cc1C(C)(C)C. The molecule has 0 radical (unpaired) electrons. The number of rotatable bonds is 3. The summed E-state index contributed by atoms with van der Waals surface area (Å²) in [5.74, 6) is 0.893. The maximum absolute atomic E-state index is 9.05. The van der Waals surface area contributed by atoms with E-state index in [1.54, 1.807) is 7.11 Å². The van der Waals surface area contributed by atoms with Crippen LogP contribution >= 0.6 is 15.9 Å². The molecule has 0 aliphatic heterocycles. The molecule has 0 aliphatic carbocycles. The van der Waals surface area contributed by atoms with Crippen molar-refractivity contribution < 1.29 is 9.84 Å². The Balaban J connectivity index is 3.36. The first-order valence-corrected chi connectivity index (χ1v) is 6.17. The van der Waals surface area contributed by atoms with E-state index in [9.17, 15) is 0 Å². The second-order valence-corrected chi connectivity index (χ2v) is 5.79. The molecule has 1 aromatic carbocycles. The van der Waals surface area contributed by atoms with Crippen molar-refractivity contribution in [3.63, 3.8) is 0 Å². The molecule has 0 spiro atoms. The number of ether oxygens (including phenoxy) is 1. The molecule has 0 aromatic heterocycles. The van der Waals surface area contributed by atoms with E-state index < -0.39 is 0 Å². The van der Waals surface area contributed by atoms with Gasteiger partial charge in [-0.1, -0.05) is 36.7 Å². The molecule has 0 saturated carbocycles. The molecule has 2 nitrogen and oxygen atoms in total. The molecule has 90 valence electrons. The van der Waals surface area contributed by atoms with Crippen LogP contribution in [0.1, 0.15) is 31.9 Å². The topological polar surface area (TPSA) is 29.5 Å². The van der Waals surface area contributed by atoms with Crippen LogP contribution in [0.5, 0.6) is 5.75 Å². The molecule has 0 fully saturated rings. The predicted octanol–water partition coefficient (Wildman–Crippen LogP) is 3.29. The number of methoxy groups -OCH3 is 1. The number of hydrogen-bond acceptors (Lipinski definition) is 2. The van der Waals surface area contributed by atoms with Crippen molar-refractivity contribution in [2.45, 2.75) is 32.6 Å². The summed E-state index contributed by atoms with van der Waals surface area (Å²) in [4.78, 5) is 0. The molecule has 0 unspecified atom stereocenters. The van der Waals surface area contributed by atoms with E-state index in [4.69, 9.17) is 9.84 Å². The van der Waals surface area contributed by atoms with E-state index in [1.807, 2.05) is 6.07 Å². The monoisotopic (exact) mass is 286 g/mol. The Labute approximate surface area is 106 Å². The average molecular weight is 287 g/mol. The van der Waals surface area contributed by atoms with Crippen molar-refractivity contribution in [1.82, 2.24) is 0 Å². The number of hydrogen-bond donors (Lipinski definition) is 1. The third-order valence-corrected chi connectivity index (χ3v) is 2.98. The van der Waals surface area contributed by atoms with Gasteiger partial charge in [0.15, 0.2) is 0 Å². The molecule has 3 heteroatoms. The highest BCUT2D eigenvalue weighted by Crippen LogP contribution is 2.36. The first-order chi connectivity index (χ1) is 7.40. The highest BCUT2D eigenvalue weighted by atomic mass is 79.9. The van der Waals surface area contributed by atoms with Crippen LogP contribution in [0.25, 0.3) is 0 Å². The van der Waals surface area contributed by atoms with E-state index in [2.05, 4.69) is 42.8 Å². The van der Waals surface area contributed by atoms with Crippen molar-refractivity contribution in [2.75, 3.05) is 13.7 Å². The van der Waals surface area contributed by atoms with Crippen molar-refractivity contribution in [1.29, 1.82) is 0 Å². The highest BCUT2D eigenvalue weighted by molar-refractivity contribution is 9.10. The smallest absolute Gasteiger partial charge is 0.125 e. The summed E-state index contributed by atoms with van der Waals surface area (Å²) in [6, 6.07) is 4.09. The Morgan fingerprint density at radius 1 is 1.31 bits per heavy atom. The minimum absolute atomic E-state index is 0.0271. The van der Waals surface area contributed by atoms with Crippen LogP contribution in [-0.2, 0) is 11.8 Å². The molecular weight excluding hydrogens is 268 g/mol. The summed E-state index contributed by atoms with van der Waals surface area (Å²) in [6.45, 7) is 6.59.